The molecular formula is C17H30N2O3. The number of alkyl carbamates (subject to hydrolysis) is 1. The van der Waals surface area contributed by atoms with Crippen LogP contribution in [0.5, 0.6) is 0 Å². The van der Waals surface area contributed by atoms with E-state index in [0.29, 0.717) is 18.2 Å². The maximum absolute atomic E-state index is 11.8. The summed E-state index contributed by atoms with van der Waals surface area (Å²) < 4.78 is 11.2. The highest BCUT2D eigenvalue weighted by Gasteiger charge is 2.41. The van der Waals surface area contributed by atoms with E-state index in [4.69, 9.17) is 9.47 Å². The van der Waals surface area contributed by atoms with E-state index in [1.54, 1.807) is 0 Å². The van der Waals surface area contributed by atoms with Gasteiger partial charge in [0.25, 0.3) is 0 Å². The summed E-state index contributed by atoms with van der Waals surface area (Å²) in [7, 11) is 0. The number of hydrogen-bond acceptors (Lipinski definition) is 4. The quantitative estimate of drug-likeness (QED) is 0.838. The molecule has 0 aromatic carbocycles. The van der Waals surface area contributed by atoms with E-state index >= 15 is 0 Å². The van der Waals surface area contributed by atoms with Crippen molar-refractivity contribution in [3.8, 4) is 0 Å². The van der Waals surface area contributed by atoms with Crippen molar-refractivity contribution in [1.29, 1.82) is 0 Å². The molecule has 3 aliphatic rings. The zero-order chi connectivity index (χ0) is 15.7. The number of ether oxygens (including phenoxy) is 2. The first-order chi connectivity index (χ1) is 10.4. The van der Waals surface area contributed by atoms with Crippen molar-refractivity contribution in [2.24, 2.45) is 5.92 Å². The Balaban J connectivity index is 1.41. The maximum Gasteiger partial charge on any atom is 0.407 e. The Labute approximate surface area is 133 Å². The van der Waals surface area contributed by atoms with Gasteiger partial charge in [0.1, 0.15) is 5.60 Å². The molecule has 2 saturated carbocycles. The Morgan fingerprint density at radius 1 is 1.09 bits per heavy atom. The van der Waals surface area contributed by atoms with Crippen LogP contribution < -0.4 is 10.6 Å². The Hall–Kier alpha value is -0.810. The molecule has 1 saturated heterocycles. The fourth-order valence-corrected chi connectivity index (χ4v) is 3.72. The number of rotatable bonds is 4. The standard InChI is InChI=1S/C17H30N2O3/c1-17(2,3)22-16(20)19-13-7-6-12(10-13)18-14-8-9-21-15(14)11-4-5-11/h11-15,18H,4-10H2,1-3H3,(H,19,20). The molecule has 4 atom stereocenters. The first-order valence-electron chi connectivity index (χ1n) is 8.78. The summed E-state index contributed by atoms with van der Waals surface area (Å²) in [5.74, 6) is 0.789. The van der Waals surface area contributed by atoms with Crippen LogP contribution in [0.15, 0.2) is 0 Å². The van der Waals surface area contributed by atoms with Crippen LogP contribution in [0, 0.1) is 5.92 Å². The molecule has 3 fully saturated rings. The van der Waals surface area contributed by atoms with Gasteiger partial charge in [-0.2, -0.15) is 0 Å². The van der Waals surface area contributed by atoms with E-state index < -0.39 is 5.60 Å². The van der Waals surface area contributed by atoms with Crippen molar-refractivity contribution in [3.05, 3.63) is 0 Å². The molecule has 0 bridgehead atoms. The van der Waals surface area contributed by atoms with Gasteiger partial charge in [-0.3, -0.25) is 0 Å². The Kier molecular flexibility index (Phi) is 4.64. The van der Waals surface area contributed by atoms with E-state index in [1.165, 1.54) is 12.8 Å². The minimum atomic E-state index is -0.432. The molecule has 1 aliphatic heterocycles. The first-order valence-corrected chi connectivity index (χ1v) is 8.78. The summed E-state index contributed by atoms with van der Waals surface area (Å²) in [5, 5.41) is 6.79. The van der Waals surface area contributed by atoms with Crippen LogP contribution in [0.3, 0.4) is 0 Å². The summed E-state index contributed by atoms with van der Waals surface area (Å²) in [4.78, 5) is 11.8. The second-order valence-corrected chi connectivity index (χ2v) is 8.09. The molecule has 2 aliphatic carbocycles. The lowest BCUT2D eigenvalue weighted by atomic mass is 10.0. The van der Waals surface area contributed by atoms with Gasteiger partial charge in [0.15, 0.2) is 0 Å². The average molecular weight is 310 g/mol. The monoisotopic (exact) mass is 310 g/mol. The average Bonchev–Trinajstić information content (AvgIpc) is 2.98. The molecule has 3 rings (SSSR count). The summed E-state index contributed by atoms with van der Waals surface area (Å²) in [6.45, 7) is 6.57. The van der Waals surface area contributed by atoms with Gasteiger partial charge in [-0.25, -0.2) is 4.79 Å². The summed E-state index contributed by atoms with van der Waals surface area (Å²) in [5.41, 5.74) is -0.432. The fourth-order valence-electron chi connectivity index (χ4n) is 3.72. The van der Waals surface area contributed by atoms with Crippen molar-refractivity contribution in [2.75, 3.05) is 6.61 Å². The molecule has 0 radical (unpaired) electrons. The summed E-state index contributed by atoms with van der Waals surface area (Å²) >= 11 is 0. The van der Waals surface area contributed by atoms with Gasteiger partial charge >= 0.3 is 6.09 Å². The van der Waals surface area contributed by atoms with Gasteiger partial charge in [-0.15, -0.1) is 0 Å². The zero-order valence-corrected chi connectivity index (χ0v) is 14.1. The van der Waals surface area contributed by atoms with Crippen LogP contribution in [0.1, 0.15) is 59.3 Å². The van der Waals surface area contributed by atoms with Crippen LogP contribution in [0.25, 0.3) is 0 Å². The molecule has 0 aromatic heterocycles. The Morgan fingerprint density at radius 3 is 2.50 bits per heavy atom. The summed E-state index contributed by atoms with van der Waals surface area (Å²) in [6, 6.07) is 1.24. The minimum Gasteiger partial charge on any atom is -0.444 e. The van der Waals surface area contributed by atoms with Crippen LogP contribution in [-0.2, 0) is 9.47 Å². The molecule has 2 N–H and O–H groups in total. The first kappa shape index (κ1) is 16.1. The Bertz CT molecular complexity index is 403. The number of amides is 1. The summed E-state index contributed by atoms with van der Waals surface area (Å²) in [6.07, 6.45) is 7.06. The van der Waals surface area contributed by atoms with Gasteiger partial charge in [-0.1, -0.05) is 0 Å². The lowest BCUT2D eigenvalue weighted by Gasteiger charge is -2.24. The smallest absolute Gasteiger partial charge is 0.407 e. The highest BCUT2D eigenvalue weighted by atomic mass is 16.6. The molecule has 4 unspecified atom stereocenters. The predicted octanol–water partition coefficient (Wildman–Crippen LogP) is 2.59. The van der Waals surface area contributed by atoms with Gasteiger partial charge in [-0.05, 0) is 65.2 Å². The largest absolute Gasteiger partial charge is 0.444 e. The highest BCUT2D eigenvalue weighted by Crippen LogP contribution is 2.39. The van der Waals surface area contributed by atoms with E-state index in [0.717, 1.165) is 38.2 Å². The lowest BCUT2D eigenvalue weighted by Crippen LogP contribution is -2.44. The van der Waals surface area contributed by atoms with E-state index in [9.17, 15) is 4.79 Å². The van der Waals surface area contributed by atoms with Crippen molar-refractivity contribution in [2.45, 2.75) is 89.1 Å². The van der Waals surface area contributed by atoms with E-state index in [2.05, 4.69) is 10.6 Å². The molecular weight excluding hydrogens is 280 g/mol. The van der Waals surface area contributed by atoms with Crippen LogP contribution in [0.4, 0.5) is 4.79 Å². The van der Waals surface area contributed by atoms with Crippen LogP contribution in [0.2, 0.25) is 0 Å². The second kappa shape index (κ2) is 6.36. The third-order valence-electron chi connectivity index (χ3n) is 4.83. The molecule has 0 spiro atoms. The number of carbonyl (C=O) groups is 1. The molecule has 1 amide bonds. The number of nitrogens with one attached hydrogen (secondary N) is 2. The van der Waals surface area contributed by atoms with E-state index in [1.807, 2.05) is 20.8 Å². The third-order valence-corrected chi connectivity index (χ3v) is 4.83. The Morgan fingerprint density at radius 2 is 1.82 bits per heavy atom. The topological polar surface area (TPSA) is 59.6 Å². The van der Waals surface area contributed by atoms with E-state index in [-0.39, 0.29) is 12.1 Å². The van der Waals surface area contributed by atoms with Gasteiger partial charge in [0, 0.05) is 24.7 Å². The van der Waals surface area contributed by atoms with Crippen molar-refractivity contribution >= 4 is 6.09 Å². The number of hydrogen-bond donors (Lipinski definition) is 2. The fraction of sp³-hybridized carbons (Fsp3) is 0.941. The van der Waals surface area contributed by atoms with Crippen LogP contribution >= 0.6 is 0 Å². The second-order valence-electron chi connectivity index (χ2n) is 8.09. The SMILES string of the molecule is CC(C)(C)OC(=O)NC1CCC(NC2CCOC2C2CC2)C1. The predicted molar refractivity (Wildman–Crippen MR) is 84.8 cm³/mol. The molecule has 22 heavy (non-hydrogen) atoms. The maximum atomic E-state index is 11.8. The van der Waals surface area contributed by atoms with Crippen molar-refractivity contribution < 1.29 is 14.3 Å². The van der Waals surface area contributed by atoms with Gasteiger partial charge in [0.05, 0.1) is 6.10 Å². The lowest BCUT2D eigenvalue weighted by molar-refractivity contribution is 0.0504. The zero-order valence-electron chi connectivity index (χ0n) is 14.1. The molecule has 126 valence electrons. The van der Waals surface area contributed by atoms with Crippen molar-refractivity contribution in [1.82, 2.24) is 10.6 Å². The number of carbonyl (C=O) groups excluding carboxylic acids is 1. The minimum absolute atomic E-state index is 0.231. The van der Waals surface area contributed by atoms with Crippen LogP contribution in [-0.4, -0.2) is 42.5 Å². The van der Waals surface area contributed by atoms with Gasteiger partial charge in [0.2, 0.25) is 0 Å². The van der Waals surface area contributed by atoms with Crippen molar-refractivity contribution in [3.63, 3.8) is 0 Å². The highest BCUT2D eigenvalue weighted by molar-refractivity contribution is 5.68. The molecule has 0 aromatic rings. The molecule has 5 nitrogen and oxygen atoms in total. The molecule has 5 heteroatoms. The van der Waals surface area contributed by atoms with Gasteiger partial charge < -0.3 is 20.1 Å². The third kappa shape index (κ3) is 4.35. The molecule has 1 heterocycles. The normalized spacial score (nSPS) is 35.6.